The van der Waals surface area contributed by atoms with Gasteiger partial charge in [0.1, 0.15) is 11.6 Å². The second kappa shape index (κ2) is 8.72. The second-order valence-corrected chi connectivity index (χ2v) is 6.04. The zero-order chi connectivity index (χ0) is 21.7. The van der Waals surface area contributed by atoms with Crippen molar-refractivity contribution < 1.29 is 14.6 Å². The van der Waals surface area contributed by atoms with Crippen LogP contribution in [0.3, 0.4) is 0 Å². The molecule has 0 aliphatic carbocycles. The number of nitro groups is 2. The minimum Gasteiger partial charge on any atom is -0.368 e. The van der Waals surface area contributed by atoms with Crippen molar-refractivity contribution in [2.24, 2.45) is 0 Å². The molecule has 0 saturated carbocycles. The lowest BCUT2D eigenvalue weighted by atomic mass is 10.1. The maximum absolute atomic E-state index is 12.2. The molecule has 0 aliphatic rings. The maximum Gasteiger partial charge on any atom is 0.277 e. The van der Waals surface area contributed by atoms with Crippen LogP contribution in [0.25, 0.3) is 5.82 Å². The Balaban J connectivity index is 1.62. The van der Waals surface area contributed by atoms with Gasteiger partial charge in [-0.25, -0.2) is 14.6 Å². The molecule has 2 N–H and O–H groups in total. The summed E-state index contributed by atoms with van der Waals surface area (Å²) < 4.78 is 1.58. The normalized spacial score (nSPS) is 10.4. The first-order valence-corrected chi connectivity index (χ1v) is 8.65. The largest absolute Gasteiger partial charge is 0.368 e. The first kappa shape index (κ1) is 20.3. The summed E-state index contributed by atoms with van der Waals surface area (Å²) in [7, 11) is 0. The SMILES string of the molecule is Cc1nc(NCCNC(=O)c2cc([N+](=O)[O-])cc([N+](=O)[O-])c2)cc(-n2cccn2)n1. The molecule has 0 aliphatic heterocycles. The first-order valence-electron chi connectivity index (χ1n) is 8.65. The topological polar surface area (TPSA) is 171 Å². The summed E-state index contributed by atoms with van der Waals surface area (Å²) >= 11 is 0. The molecular formula is C17H16N8O5. The standard InChI is InChI=1S/C17H16N8O5/c1-11-21-15(10-16(22-11)23-6-2-3-20-23)18-4-5-19-17(26)12-7-13(24(27)28)9-14(8-12)25(29)30/h2-3,6-10H,4-5H2,1H3,(H,19,26)(H,18,21,22). The third-order valence-electron chi connectivity index (χ3n) is 3.87. The fraction of sp³-hybridized carbons (Fsp3) is 0.176. The van der Waals surface area contributed by atoms with Crippen LogP contribution in [-0.4, -0.2) is 48.6 Å². The molecule has 0 fully saturated rings. The molecular weight excluding hydrogens is 396 g/mol. The molecule has 3 rings (SSSR count). The lowest BCUT2D eigenvalue weighted by Crippen LogP contribution is -2.29. The lowest BCUT2D eigenvalue weighted by Gasteiger charge is -2.09. The highest BCUT2D eigenvalue weighted by atomic mass is 16.6. The Morgan fingerprint density at radius 1 is 1.07 bits per heavy atom. The minimum atomic E-state index is -0.792. The number of benzene rings is 1. The molecule has 0 spiro atoms. The van der Waals surface area contributed by atoms with Gasteiger partial charge in [-0.15, -0.1) is 0 Å². The highest BCUT2D eigenvalue weighted by Gasteiger charge is 2.19. The summed E-state index contributed by atoms with van der Waals surface area (Å²) in [5.74, 6) is 0.953. The van der Waals surface area contributed by atoms with E-state index in [1.165, 1.54) is 0 Å². The number of hydrogen-bond donors (Lipinski definition) is 2. The van der Waals surface area contributed by atoms with Crippen LogP contribution in [0.2, 0.25) is 0 Å². The third-order valence-corrected chi connectivity index (χ3v) is 3.87. The zero-order valence-corrected chi connectivity index (χ0v) is 15.7. The first-order chi connectivity index (χ1) is 14.3. The number of carbonyl (C=O) groups excluding carboxylic acids is 1. The number of nitro benzene ring substituents is 2. The number of non-ortho nitro benzene ring substituents is 2. The van der Waals surface area contributed by atoms with Crippen LogP contribution < -0.4 is 10.6 Å². The molecule has 0 atom stereocenters. The molecule has 0 saturated heterocycles. The van der Waals surface area contributed by atoms with E-state index < -0.39 is 27.1 Å². The van der Waals surface area contributed by atoms with Gasteiger partial charge >= 0.3 is 0 Å². The van der Waals surface area contributed by atoms with E-state index >= 15 is 0 Å². The number of hydrogen-bond acceptors (Lipinski definition) is 9. The van der Waals surface area contributed by atoms with E-state index in [2.05, 4.69) is 25.7 Å². The van der Waals surface area contributed by atoms with Gasteiger partial charge in [0.2, 0.25) is 0 Å². The molecule has 0 unspecified atom stereocenters. The fourth-order valence-corrected chi connectivity index (χ4v) is 2.57. The monoisotopic (exact) mass is 412 g/mol. The molecule has 0 bridgehead atoms. The van der Waals surface area contributed by atoms with E-state index in [-0.39, 0.29) is 18.7 Å². The predicted molar refractivity (Wildman–Crippen MR) is 104 cm³/mol. The smallest absolute Gasteiger partial charge is 0.277 e. The van der Waals surface area contributed by atoms with Gasteiger partial charge in [-0.2, -0.15) is 5.10 Å². The molecule has 2 heterocycles. The van der Waals surface area contributed by atoms with Crippen LogP contribution in [0.4, 0.5) is 17.2 Å². The Bertz CT molecular complexity index is 1070. The van der Waals surface area contributed by atoms with E-state index in [1.54, 1.807) is 36.1 Å². The lowest BCUT2D eigenvalue weighted by molar-refractivity contribution is -0.394. The maximum atomic E-state index is 12.2. The van der Waals surface area contributed by atoms with Crippen LogP contribution in [0.5, 0.6) is 0 Å². The summed E-state index contributed by atoms with van der Waals surface area (Å²) in [5, 5.41) is 31.5. The number of rotatable bonds is 8. The molecule has 13 heteroatoms. The van der Waals surface area contributed by atoms with Crippen molar-refractivity contribution in [1.29, 1.82) is 0 Å². The van der Waals surface area contributed by atoms with Crippen LogP contribution in [0.1, 0.15) is 16.2 Å². The quantitative estimate of drug-likeness (QED) is 0.317. The Morgan fingerprint density at radius 2 is 1.77 bits per heavy atom. The van der Waals surface area contributed by atoms with Gasteiger partial charge in [-0.1, -0.05) is 0 Å². The van der Waals surface area contributed by atoms with Crippen molar-refractivity contribution in [2.45, 2.75) is 6.92 Å². The van der Waals surface area contributed by atoms with E-state index in [0.29, 0.717) is 17.5 Å². The number of nitrogens with one attached hydrogen (secondary N) is 2. The van der Waals surface area contributed by atoms with Crippen LogP contribution in [0, 0.1) is 27.2 Å². The second-order valence-electron chi connectivity index (χ2n) is 6.04. The molecule has 13 nitrogen and oxygen atoms in total. The third kappa shape index (κ3) is 4.89. The summed E-state index contributed by atoms with van der Waals surface area (Å²) in [6.45, 7) is 2.17. The highest BCUT2D eigenvalue weighted by molar-refractivity contribution is 5.95. The van der Waals surface area contributed by atoms with Gasteiger partial charge in [0.15, 0.2) is 5.82 Å². The van der Waals surface area contributed by atoms with Crippen LogP contribution >= 0.6 is 0 Å². The number of carbonyl (C=O) groups is 1. The number of aromatic nitrogens is 4. The van der Waals surface area contributed by atoms with Gasteiger partial charge in [0.05, 0.1) is 21.5 Å². The number of nitrogens with zero attached hydrogens (tertiary/aromatic N) is 6. The van der Waals surface area contributed by atoms with Crippen molar-refractivity contribution in [3.63, 3.8) is 0 Å². The molecule has 0 radical (unpaired) electrons. The molecule has 1 amide bonds. The molecule has 3 aromatic rings. The number of aryl methyl sites for hydroxylation is 1. The van der Waals surface area contributed by atoms with Gasteiger partial charge in [0.25, 0.3) is 17.3 Å². The van der Waals surface area contributed by atoms with E-state index in [1.807, 2.05) is 0 Å². The minimum absolute atomic E-state index is 0.148. The van der Waals surface area contributed by atoms with Gasteiger partial charge in [-0.3, -0.25) is 25.0 Å². The Hall–Kier alpha value is -4.42. The average Bonchev–Trinajstić information content (AvgIpc) is 3.25. The van der Waals surface area contributed by atoms with Crippen molar-refractivity contribution in [2.75, 3.05) is 18.4 Å². The number of amides is 1. The van der Waals surface area contributed by atoms with E-state index in [0.717, 1.165) is 18.2 Å². The Morgan fingerprint density at radius 3 is 2.37 bits per heavy atom. The van der Waals surface area contributed by atoms with E-state index in [9.17, 15) is 25.0 Å². The average molecular weight is 412 g/mol. The molecule has 30 heavy (non-hydrogen) atoms. The summed E-state index contributed by atoms with van der Waals surface area (Å²) in [6.07, 6.45) is 3.36. The molecule has 2 aromatic heterocycles. The van der Waals surface area contributed by atoms with Crippen molar-refractivity contribution in [3.8, 4) is 5.82 Å². The Labute approximate surface area is 169 Å². The van der Waals surface area contributed by atoms with Crippen LogP contribution in [-0.2, 0) is 0 Å². The van der Waals surface area contributed by atoms with Crippen molar-refractivity contribution in [3.05, 3.63) is 74.3 Å². The number of anilines is 1. The molecule has 154 valence electrons. The van der Waals surface area contributed by atoms with Crippen molar-refractivity contribution >= 4 is 23.1 Å². The molecule has 1 aromatic carbocycles. The highest BCUT2D eigenvalue weighted by Crippen LogP contribution is 2.22. The Kier molecular flexibility index (Phi) is 5.91. The zero-order valence-electron chi connectivity index (χ0n) is 15.7. The summed E-state index contributed by atoms with van der Waals surface area (Å²) in [6, 6.07) is 6.22. The predicted octanol–water partition coefficient (Wildman–Crippen LogP) is 1.63. The summed E-state index contributed by atoms with van der Waals surface area (Å²) in [4.78, 5) is 41.1. The fourth-order valence-electron chi connectivity index (χ4n) is 2.57. The van der Waals surface area contributed by atoms with E-state index in [4.69, 9.17) is 0 Å². The van der Waals surface area contributed by atoms with Crippen LogP contribution in [0.15, 0.2) is 42.7 Å². The van der Waals surface area contributed by atoms with Gasteiger partial charge in [0, 0.05) is 43.7 Å². The van der Waals surface area contributed by atoms with Crippen molar-refractivity contribution in [1.82, 2.24) is 25.1 Å². The van der Waals surface area contributed by atoms with Gasteiger partial charge < -0.3 is 10.6 Å². The summed E-state index contributed by atoms with van der Waals surface area (Å²) in [5.41, 5.74) is -1.24. The van der Waals surface area contributed by atoms with Gasteiger partial charge in [-0.05, 0) is 13.0 Å².